The van der Waals surface area contributed by atoms with E-state index in [1.54, 1.807) is 36.8 Å². The van der Waals surface area contributed by atoms with E-state index in [4.69, 9.17) is 4.74 Å². The summed E-state index contributed by atoms with van der Waals surface area (Å²) < 4.78 is 5.92. The maximum absolute atomic E-state index is 13.5. The van der Waals surface area contributed by atoms with Crippen molar-refractivity contribution in [3.05, 3.63) is 71.6 Å². The van der Waals surface area contributed by atoms with Gasteiger partial charge in [0.05, 0.1) is 34.3 Å². The third-order valence-corrected chi connectivity index (χ3v) is 8.37. The fraction of sp³-hybridized carbons (Fsp3) is 0.241. The van der Waals surface area contributed by atoms with E-state index in [9.17, 15) is 14.4 Å². The second-order valence-corrected chi connectivity index (χ2v) is 10.9. The number of amides is 4. The second-order valence-electron chi connectivity index (χ2n) is 9.91. The minimum absolute atomic E-state index is 0.182. The van der Waals surface area contributed by atoms with Crippen LogP contribution in [0.15, 0.2) is 55.5 Å². The van der Waals surface area contributed by atoms with E-state index in [0.717, 1.165) is 30.5 Å². The van der Waals surface area contributed by atoms with Gasteiger partial charge in [0.1, 0.15) is 9.71 Å². The first-order valence-electron chi connectivity index (χ1n) is 13.2. The monoisotopic (exact) mass is 569 g/mol. The summed E-state index contributed by atoms with van der Waals surface area (Å²) in [7, 11) is 0. The number of nitrogens with zero attached hydrogens (tertiary/aromatic N) is 4. The summed E-state index contributed by atoms with van der Waals surface area (Å²) in [4.78, 5) is 54.5. The Morgan fingerprint density at radius 1 is 1.12 bits per heavy atom. The number of aryl methyl sites for hydroxylation is 2. The Morgan fingerprint density at radius 3 is 2.68 bits per heavy atom. The normalized spacial score (nSPS) is 17.7. The molecule has 0 unspecified atom stereocenters. The molecule has 12 heteroatoms. The number of thiophene rings is 1. The maximum Gasteiger partial charge on any atom is 0.331 e. The second kappa shape index (κ2) is 10.6. The van der Waals surface area contributed by atoms with Gasteiger partial charge < -0.3 is 20.7 Å². The van der Waals surface area contributed by atoms with E-state index in [1.165, 1.54) is 22.3 Å². The summed E-state index contributed by atoms with van der Waals surface area (Å²) in [5.41, 5.74) is 3.10. The van der Waals surface area contributed by atoms with Crippen molar-refractivity contribution in [1.29, 1.82) is 0 Å². The minimum atomic E-state index is -0.420. The Balaban J connectivity index is 1.30. The van der Waals surface area contributed by atoms with Crippen molar-refractivity contribution in [3.63, 3.8) is 0 Å². The molecular formula is C29H27N7O4S. The highest BCUT2D eigenvalue weighted by atomic mass is 32.1. The van der Waals surface area contributed by atoms with Gasteiger partial charge in [-0.05, 0) is 62.9 Å². The molecule has 11 nitrogen and oxygen atoms in total. The van der Waals surface area contributed by atoms with Crippen molar-refractivity contribution in [3.8, 4) is 11.6 Å². The summed E-state index contributed by atoms with van der Waals surface area (Å²) in [6.07, 6.45) is 8.51. The lowest BCUT2D eigenvalue weighted by Gasteiger charge is -2.29. The molecule has 208 valence electrons. The molecule has 4 aromatic heterocycles. The van der Waals surface area contributed by atoms with Gasteiger partial charge in [0.2, 0.25) is 11.8 Å². The van der Waals surface area contributed by atoms with E-state index in [1.807, 2.05) is 19.9 Å². The molecule has 4 amide bonds. The summed E-state index contributed by atoms with van der Waals surface area (Å²) in [6.45, 7) is 7.22. The molecule has 4 aromatic rings. The number of anilines is 3. The molecule has 1 fully saturated rings. The number of ether oxygens (including phenoxy) is 1. The van der Waals surface area contributed by atoms with Crippen LogP contribution in [0.5, 0.6) is 11.6 Å². The number of aromatic nitrogens is 3. The molecule has 3 N–H and O–H groups in total. The Morgan fingerprint density at radius 2 is 1.93 bits per heavy atom. The van der Waals surface area contributed by atoms with Crippen molar-refractivity contribution in [2.75, 3.05) is 10.2 Å². The van der Waals surface area contributed by atoms with Crippen molar-refractivity contribution < 1.29 is 19.1 Å². The molecule has 0 aromatic carbocycles. The molecule has 0 radical (unpaired) electrons. The van der Waals surface area contributed by atoms with Gasteiger partial charge in [-0.2, -0.15) is 0 Å². The lowest BCUT2D eigenvalue weighted by Crippen LogP contribution is -2.48. The van der Waals surface area contributed by atoms with Crippen molar-refractivity contribution >= 4 is 56.5 Å². The SMILES string of the molecule is C=CC(=O)N[C@H]1CCC[C@H]1NC(=O)c1sc2nccc3c2c1NC(=O)N3c1cnc(Oc2cccnc2C)cc1C. The first-order chi connectivity index (χ1) is 19.8. The predicted molar refractivity (Wildman–Crippen MR) is 156 cm³/mol. The van der Waals surface area contributed by atoms with Crippen LogP contribution in [0.25, 0.3) is 10.2 Å². The summed E-state index contributed by atoms with van der Waals surface area (Å²) >= 11 is 1.21. The van der Waals surface area contributed by atoms with Crippen LogP contribution in [0.1, 0.15) is 40.2 Å². The highest BCUT2D eigenvalue weighted by Crippen LogP contribution is 2.46. The van der Waals surface area contributed by atoms with Crippen LogP contribution in [0, 0.1) is 13.8 Å². The number of hydrogen-bond acceptors (Lipinski definition) is 8. The smallest absolute Gasteiger partial charge is 0.331 e. The number of hydrogen-bond donors (Lipinski definition) is 3. The number of nitrogens with one attached hydrogen (secondary N) is 3. The topological polar surface area (TPSA) is 138 Å². The average molecular weight is 570 g/mol. The van der Waals surface area contributed by atoms with E-state index < -0.39 is 6.03 Å². The molecule has 0 saturated heterocycles. The van der Waals surface area contributed by atoms with Crippen LogP contribution in [0.2, 0.25) is 0 Å². The molecule has 0 spiro atoms. The van der Waals surface area contributed by atoms with Gasteiger partial charge in [-0.25, -0.2) is 14.8 Å². The van der Waals surface area contributed by atoms with E-state index >= 15 is 0 Å². The van der Waals surface area contributed by atoms with Gasteiger partial charge >= 0.3 is 6.03 Å². The summed E-state index contributed by atoms with van der Waals surface area (Å²) in [6, 6.07) is 6.29. The molecule has 2 aliphatic rings. The Bertz CT molecular complexity index is 1720. The van der Waals surface area contributed by atoms with Crippen molar-refractivity contribution in [1.82, 2.24) is 25.6 Å². The van der Waals surface area contributed by atoms with Gasteiger partial charge in [0, 0.05) is 30.5 Å². The fourth-order valence-corrected chi connectivity index (χ4v) is 6.29. The maximum atomic E-state index is 13.5. The Labute approximate surface area is 239 Å². The third kappa shape index (κ3) is 4.86. The molecule has 1 aliphatic heterocycles. The number of carbonyl (C=O) groups is 3. The fourth-order valence-electron chi connectivity index (χ4n) is 5.27. The molecule has 5 heterocycles. The molecule has 1 aliphatic carbocycles. The highest BCUT2D eigenvalue weighted by Gasteiger charge is 2.35. The summed E-state index contributed by atoms with van der Waals surface area (Å²) in [5.74, 6) is 0.382. The standard InChI is InChI=1S/C29H27N7O4S/c1-4-22(37)33-17-7-5-8-18(17)34-27(38)26-25-24-19(10-12-31-28(24)41-26)36(29(39)35-25)20-14-32-23(13-15(20)2)40-21-9-6-11-30-16(21)3/h4,6,9-14,17-18H,1,5,7-8H2,2-3H3,(H,33,37)(H,34,38)(H,35,39)/t17-,18+/m0/s1. The Kier molecular flexibility index (Phi) is 6.83. The molecule has 41 heavy (non-hydrogen) atoms. The predicted octanol–water partition coefficient (Wildman–Crippen LogP) is 5.13. The van der Waals surface area contributed by atoms with E-state index in [-0.39, 0.29) is 23.9 Å². The number of urea groups is 1. The molecule has 1 saturated carbocycles. The number of rotatable bonds is 7. The average Bonchev–Trinajstić information content (AvgIpc) is 3.55. The largest absolute Gasteiger partial charge is 0.437 e. The molecule has 6 rings (SSSR count). The zero-order valence-electron chi connectivity index (χ0n) is 22.4. The molecule has 2 atom stereocenters. The van der Waals surface area contributed by atoms with Gasteiger partial charge in [-0.1, -0.05) is 6.58 Å². The number of carbonyl (C=O) groups excluding carboxylic acids is 3. The lowest BCUT2D eigenvalue weighted by molar-refractivity contribution is -0.117. The van der Waals surface area contributed by atoms with Crippen LogP contribution in [0.3, 0.4) is 0 Å². The Hall–Kier alpha value is -4.84. The number of pyridine rings is 3. The van der Waals surface area contributed by atoms with Crippen LogP contribution in [0.4, 0.5) is 21.9 Å². The molecule has 0 bridgehead atoms. The third-order valence-electron chi connectivity index (χ3n) is 7.27. The minimum Gasteiger partial charge on any atom is -0.437 e. The first-order valence-corrected chi connectivity index (χ1v) is 14.0. The van der Waals surface area contributed by atoms with Crippen LogP contribution in [-0.2, 0) is 4.79 Å². The van der Waals surface area contributed by atoms with Gasteiger partial charge in [-0.15, -0.1) is 11.3 Å². The summed E-state index contributed by atoms with van der Waals surface area (Å²) in [5, 5.41) is 9.54. The van der Waals surface area contributed by atoms with Crippen LogP contribution < -0.4 is 25.6 Å². The van der Waals surface area contributed by atoms with E-state index in [0.29, 0.717) is 43.8 Å². The van der Waals surface area contributed by atoms with Crippen LogP contribution in [-0.4, -0.2) is 44.9 Å². The van der Waals surface area contributed by atoms with Crippen molar-refractivity contribution in [2.24, 2.45) is 0 Å². The van der Waals surface area contributed by atoms with Crippen molar-refractivity contribution in [2.45, 2.75) is 45.2 Å². The van der Waals surface area contributed by atoms with Gasteiger partial charge in [0.15, 0.2) is 5.75 Å². The van der Waals surface area contributed by atoms with Crippen LogP contribution >= 0.6 is 11.3 Å². The first kappa shape index (κ1) is 26.4. The van der Waals surface area contributed by atoms with E-state index in [2.05, 4.69) is 37.5 Å². The zero-order chi connectivity index (χ0) is 28.7. The lowest BCUT2D eigenvalue weighted by atomic mass is 10.1. The highest BCUT2D eigenvalue weighted by molar-refractivity contribution is 7.21. The zero-order valence-corrected chi connectivity index (χ0v) is 23.2. The van der Waals surface area contributed by atoms with Gasteiger partial charge in [0.25, 0.3) is 5.91 Å². The van der Waals surface area contributed by atoms with Gasteiger partial charge in [-0.3, -0.25) is 19.5 Å². The molecular weight excluding hydrogens is 542 g/mol. The quantitative estimate of drug-likeness (QED) is 0.262.